The number of hydrogen-bond acceptors (Lipinski definition) is 4. The molecular formula is C19H18F2N4. The van der Waals surface area contributed by atoms with Gasteiger partial charge in [0.05, 0.1) is 0 Å². The van der Waals surface area contributed by atoms with Crippen LogP contribution in [0, 0.1) is 18.6 Å². The number of nitrogens with one attached hydrogen (secondary N) is 2. The highest BCUT2D eigenvalue weighted by Crippen LogP contribution is 2.22. The van der Waals surface area contributed by atoms with E-state index in [-0.39, 0.29) is 6.04 Å². The van der Waals surface area contributed by atoms with Gasteiger partial charge in [0.2, 0.25) is 0 Å². The first-order valence-corrected chi connectivity index (χ1v) is 7.90. The van der Waals surface area contributed by atoms with Crippen molar-refractivity contribution >= 4 is 17.3 Å². The lowest BCUT2D eigenvalue weighted by atomic mass is 10.1. The van der Waals surface area contributed by atoms with Crippen molar-refractivity contribution in [3.8, 4) is 0 Å². The van der Waals surface area contributed by atoms with Crippen molar-refractivity contribution in [1.29, 1.82) is 0 Å². The molecule has 0 fully saturated rings. The van der Waals surface area contributed by atoms with Crippen molar-refractivity contribution in [3.63, 3.8) is 0 Å². The molecule has 1 heterocycles. The summed E-state index contributed by atoms with van der Waals surface area (Å²) >= 11 is 0. The van der Waals surface area contributed by atoms with E-state index in [1.807, 2.05) is 37.3 Å². The van der Waals surface area contributed by atoms with Gasteiger partial charge in [0, 0.05) is 23.9 Å². The highest BCUT2D eigenvalue weighted by molar-refractivity contribution is 5.59. The molecule has 1 aromatic heterocycles. The Hall–Kier alpha value is -3.02. The predicted octanol–water partition coefficient (Wildman–Crippen LogP) is 4.98. The van der Waals surface area contributed by atoms with E-state index < -0.39 is 11.6 Å². The van der Waals surface area contributed by atoms with Gasteiger partial charge in [-0.3, -0.25) is 0 Å². The summed E-state index contributed by atoms with van der Waals surface area (Å²) < 4.78 is 26.4. The van der Waals surface area contributed by atoms with Crippen LogP contribution in [-0.2, 0) is 0 Å². The maximum atomic E-state index is 13.3. The van der Waals surface area contributed by atoms with Gasteiger partial charge in [-0.05, 0) is 31.5 Å². The van der Waals surface area contributed by atoms with Crippen molar-refractivity contribution < 1.29 is 8.78 Å². The summed E-state index contributed by atoms with van der Waals surface area (Å²) in [6, 6.07) is 15.4. The third kappa shape index (κ3) is 4.29. The number of halogens is 2. The SMILES string of the molecule is Cc1nc(Nc2ccc(F)c(F)c2)cc(NC(C)c2ccccc2)n1. The lowest BCUT2D eigenvalue weighted by molar-refractivity contribution is 0.509. The first-order valence-electron chi connectivity index (χ1n) is 7.90. The molecule has 2 N–H and O–H groups in total. The molecule has 3 aromatic rings. The summed E-state index contributed by atoms with van der Waals surface area (Å²) in [4.78, 5) is 8.66. The summed E-state index contributed by atoms with van der Waals surface area (Å²) in [5.74, 6) is -0.0826. The van der Waals surface area contributed by atoms with E-state index in [2.05, 4.69) is 20.6 Å². The second-order valence-electron chi connectivity index (χ2n) is 5.72. The van der Waals surface area contributed by atoms with Crippen molar-refractivity contribution in [3.05, 3.63) is 77.6 Å². The van der Waals surface area contributed by atoms with Gasteiger partial charge in [0.15, 0.2) is 11.6 Å². The summed E-state index contributed by atoms with van der Waals surface area (Å²) in [7, 11) is 0. The summed E-state index contributed by atoms with van der Waals surface area (Å²) in [5, 5.41) is 6.29. The molecule has 6 heteroatoms. The Balaban J connectivity index is 1.79. The Morgan fingerprint density at radius 3 is 2.32 bits per heavy atom. The van der Waals surface area contributed by atoms with E-state index in [4.69, 9.17) is 0 Å². The highest BCUT2D eigenvalue weighted by atomic mass is 19.2. The van der Waals surface area contributed by atoms with Gasteiger partial charge in [0.1, 0.15) is 17.5 Å². The van der Waals surface area contributed by atoms with Gasteiger partial charge in [-0.2, -0.15) is 0 Å². The molecule has 0 amide bonds. The topological polar surface area (TPSA) is 49.8 Å². The first kappa shape index (κ1) is 16.8. The maximum absolute atomic E-state index is 13.3. The summed E-state index contributed by atoms with van der Waals surface area (Å²) in [5.41, 5.74) is 1.55. The Labute approximate surface area is 145 Å². The standard InChI is InChI=1S/C19H18F2N4/c1-12(14-6-4-3-5-7-14)22-18-11-19(24-13(2)23-18)25-15-8-9-16(20)17(21)10-15/h3-12H,1-2H3,(H2,22,23,24,25). The zero-order chi connectivity index (χ0) is 17.8. The monoisotopic (exact) mass is 340 g/mol. The third-order valence-electron chi connectivity index (χ3n) is 3.69. The quantitative estimate of drug-likeness (QED) is 0.688. The third-order valence-corrected chi connectivity index (χ3v) is 3.69. The van der Waals surface area contributed by atoms with Crippen LogP contribution in [0.5, 0.6) is 0 Å². The molecule has 1 unspecified atom stereocenters. The molecule has 0 bridgehead atoms. The molecule has 0 aliphatic heterocycles. The van der Waals surface area contributed by atoms with Gasteiger partial charge < -0.3 is 10.6 Å². The van der Waals surface area contributed by atoms with Crippen molar-refractivity contribution in [1.82, 2.24) is 9.97 Å². The smallest absolute Gasteiger partial charge is 0.160 e. The Bertz CT molecular complexity index is 869. The Kier molecular flexibility index (Phi) is 4.88. The molecule has 0 spiro atoms. The van der Waals surface area contributed by atoms with Crippen LogP contribution in [0.3, 0.4) is 0 Å². The molecular weight excluding hydrogens is 322 g/mol. The molecule has 128 valence electrons. The minimum absolute atomic E-state index is 0.0617. The maximum Gasteiger partial charge on any atom is 0.160 e. The van der Waals surface area contributed by atoms with Gasteiger partial charge >= 0.3 is 0 Å². The second kappa shape index (κ2) is 7.25. The van der Waals surface area contributed by atoms with Crippen LogP contribution in [-0.4, -0.2) is 9.97 Å². The van der Waals surface area contributed by atoms with Crippen LogP contribution < -0.4 is 10.6 Å². The molecule has 0 saturated carbocycles. The lowest BCUT2D eigenvalue weighted by Gasteiger charge is -2.16. The van der Waals surface area contributed by atoms with Gasteiger partial charge in [-0.1, -0.05) is 30.3 Å². The van der Waals surface area contributed by atoms with E-state index in [0.29, 0.717) is 23.1 Å². The predicted molar refractivity (Wildman–Crippen MR) is 94.9 cm³/mol. The number of nitrogens with zero attached hydrogens (tertiary/aromatic N) is 2. The van der Waals surface area contributed by atoms with Crippen molar-refractivity contribution in [2.24, 2.45) is 0 Å². The van der Waals surface area contributed by atoms with Crippen molar-refractivity contribution in [2.75, 3.05) is 10.6 Å². The molecule has 25 heavy (non-hydrogen) atoms. The normalized spacial score (nSPS) is 11.8. The first-order chi connectivity index (χ1) is 12.0. The Morgan fingerprint density at radius 1 is 0.880 bits per heavy atom. The molecule has 0 aliphatic rings. The molecule has 1 atom stereocenters. The van der Waals surface area contributed by atoms with Gasteiger partial charge in [0.25, 0.3) is 0 Å². The van der Waals surface area contributed by atoms with Crippen LogP contribution in [0.4, 0.5) is 26.1 Å². The molecule has 0 saturated heterocycles. The number of rotatable bonds is 5. The Morgan fingerprint density at radius 2 is 1.60 bits per heavy atom. The van der Waals surface area contributed by atoms with E-state index in [0.717, 1.165) is 17.7 Å². The average molecular weight is 340 g/mol. The van der Waals surface area contributed by atoms with Crippen LogP contribution in [0.15, 0.2) is 54.6 Å². The number of hydrogen-bond donors (Lipinski definition) is 2. The van der Waals surface area contributed by atoms with Crippen LogP contribution >= 0.6 is 0 Å². The molecule has 4 nitrogen and oxygen atoms in total. The average Bonchev–Trinajstić information content (AvgIpc) is 2.58. The largest absolute Gasteiger partial charge is 0.363 e. The van der Waals surface area contributed by atoms with E-state index in [1.54, 1.807) is 13.0 Å². The second-order valence-corrected chi connectivity index (χ2v) is 5.72. The zero-order valence-corrected chi connectivity index (χ0v) is 13.9. The molecule has 0 radical (unpaired) electrons. The zero-order valence-electron chi connectivity index (χ0n) is 13.9. The minimum Gasteiger partial charge on any atom is -0.363 e. The fourth-order valence-electron chi connectivity index (χ4n) is 2.47. The minimum atomic E-state index is -0.910. The summed E-state index contributed by atoms with van der Waals surface area (Å²) in [6.07, 6.45) is 0. The number of aryl methyl sites for hydroxylation is 1. The van der Waals surface area contributed by atoms with E-state index in [9.17, 15) is 8.78 Å². The number of benzene rings is 2. The van der Waals surface area contributed by atoms with Crippen LogP contribution in [0.1, 0.15) is 24.4 Å². The van der Waals surface area contributed by atoms with Crippen LogP contribution in [0.25, 0.3) is 0 Å². The van der Waals surface area contributed by atoms with Crippen molar-refractivity contribution in [2.45, 2.75) is 19.9 Å². The summed E-state index contributed by atoms with van der Waals surface area (Å²) in [6.45, 7) is 3.81. The molecule has 0 aliphatic carbocycles. The number of anilines is 3. The molecule has 2 aromatic carbocycles. The molecule has 3 rings (SSSR count). The van der Waals surface area contributed by atoms with E-state index >= 15 is 0 Å². The van der Waals surface area contributed by atoms with Gasteiger partial charge in [-0.15, -0.1) is 0 Å². The van der Waals surface area contributed by atoms with Gasteiger partial charge in [-0.25, -0.2) is 18.7 Å². The van der Waals surface area contributed by atoms with E-state index in [1.165, 1.54) is 6.07 Å². The fourth-order valence-corrected chi connectivity index (χ4v) is 2.47. The lowest BCUT2D eigenvalue weighted by Crippen LogP contribution is -2.09. The van der Waals surface area contributed by atoms with Crippen LogP contribution in [0.2, 0.25) is 0 Å². The highest BCUT2D eigenvalue weighted by Gasteiger charge is 2.09. The fraction of sp³-hybridized carbons (Fsp3) is 0.158. The number of aromatic nitrogens is 2.